The third-order valence-corrected chi connectivity index (χ3v) is 2.89. The van der Waals surface area contributed by atoms with Crippen molar-refractivity contribution in [2.75, 3.05) is 0 Å². The molecule has 0 bridgehead atoms. The van der Waals surface area contributed by atoms with Gasteiger partial charge in [-0.05, 0) is 12.0 Å². The highest BCUT2D eigenvalue weighted by Crippen LogP contribution is 2.34. The van der Waals surface area contributed by atoms with Gasteiger partial charge in [0.05, 0.1) is 0 Å². The van der Waals surface area contributed by atoms with E-state index in [0.717, 1.165) is 12.1 Å². The summed E-state index contributed by atoms with van der Waals surface area (Å²) < 4.78 is 30.3. The maximum Gasteiger partial charge on any atom is 0.298 e. The minimum Gasteiger partial charge on any atom is -0.508 e. The van der Waals surface area contributed by atoms with Crippen molar-refractivity contribution in [3.05, 3.63) is 17.7 Å². The quantitative estimate of drug-likeness (QED) is 0.530. The minimum absolute atomic E-state index is 0.0636. The highest BCUT2D eigenvalue weighted by molar-refractivity contribution is 7.86. The third kappa shape index (κ3) is 2.40. The van der Waals surface area contributed by atoms with E-state index in [1.807, 2.05) is 0 Å². The standard InChI is InChI=1S/C9H12O5S/c1-5(2)6-3-8(11)9(4-7(6)10)15(12,13)14/h3-5,10-11H,1-2H3,(H,12,13,14). The van der Waals surface area contributed by atoms with E-state index in [-0.39, 0.29) is 11.7 Å². The Hall–Kier alpha value is -1.27. The van der Waals surface area contributed by atoms with E-state index >= 15 is 0 Å². The Morgan fingerprint density at radius 3 is 2.07 bits per heavy atom. The van der Waals surface area contributed by atoms with Crippen molar-refractivity contribution in [1.82, 2.24) is 0 Å². The van der Waals surface area contributed by atoms with Gasteiger partial charge in [0, 0.05) is 11.6 Å². The molecule has 0 unspecified atom stereocenters. The summed E-state index contributed by atoms with van der Waals surface area (Å²) >= 11 is 0. The van der Waals surface area contributed by atoms with Crippen LogP contribution in [0.15, 0.2) is 17.0 Å². The van der Waals surface area contributed by atoms with E-state index in [9.17, 15) is 18.6 Å². The lowest BCUT2D eigenvalue weighted by Gasteiger charge is -2.10. The summed E-state index contributed by atoms with van der Waals surface area (Å²) in [6.07, 6.45) is 0. The number of hydrogen-bond donors (Lipinski definition) is 3. The molecular formula is C9H12O5S. The van der Waals surface area contributed by atoms with E-state index in [2.05, 4.69) is 0 Å². The number of phenols is 2. The van der Waals surface area contributed by atoms with Crippen molar-refractivity contribution in [3.8, 4) is 11.5 Å². The molecule has 84 valence electrons. The van der Waals surface area contributed by atoms with Crippen LogP contribution < -0.4 is 0 Å². The molecule has 0 spiro atoms. The Morgan fingerprint density at radius 2 is 1.67 bits per heavy atom. The lowest BCUT2D eigenvalue weighted by molar-refractivity contribution is 0.428. The van der Waals surface area contributed by atoms with E-state index in [1.165, 1.54) is 0 Å². The first-order valence-corrected chi connectivity index (χ1v) is 5.71. The van der Waals surface area contributed by atoms with Crippen LogP contribution >= 0.6 is 0 Å². The average molecular weight is 232 g/mol. The van der Waals surface area contributed by atoms with Crippen LogP contribution in [0.5, 0.6) is 11.5 Å². The molecule has 0 aliphatic rings. The van der Waals surface area contributed by atoms with Crippen molar-refractivity contribution in [2.24, 2.45) is 0 Å². The summed E-state index contributed by atoms with van der Waals surface area (Å²) in [6.45, 7) is 3.56. The lowest BCUT2D eigenvalue weighted by Crippen LogP contribution is -2.00. The zero-order valence-corrected chi connectivity index (χ0v) is 9.11. The lowest BCUT2D eigenvalue weighted by atomic mass is 10.0. The first-order valence-electron chi connectivity index (χ1n) is 4.27. The van der Waals surface area contributed by atoms with E-state index in [0.29, 0.717) is 5.56 Å². The number of aromatic hydroxyl groups is 2. The topological polar surface area (TPSA) is 94.8 Å². The fourth-order valence-corrected chi connectivity index (χ4v) is 1.83. The predicted molar refractivity (Wildman–Crippen MR) is 53.7 cm³/mol. The number of benzene rings is 1. The first-order chi connectivity index (χ1) is 6.73. The Balaban J connectivity index is 3.46. The fourth-order valence-electron chi connectivity index (χ4n) is 1.24. The summed E-state index contributed by atoms with van der Waals surface area (Å²) in [5.41, 5.74) is 0.417. The molecule has 0 radical (unpaired) electrons. The van der Waals surface area contributed by atoms with Gasteiger partial charge in [0.15, 0.2) is 0 Å². The maximum atomic E-state index is 10.8. The Bertz CT molecular complexity index is 476. The number of rotatable bonds is 2. The second-order valence-electron chi connectivity index (χ2n) is 3.51. The molecule has 0 fully saturated rings. The van der Waals surface area contributed by atoms with Crippen LogP contribution in [0.2, 0.25) is 0 Å². The van der Waals surface area contributed by atoms with E-state index in [1.54, 1.807) is 13.8 Å². The molecule has 1 aromatic carbocycles. The van der Waals surface area contributed by atoms with Gasteiger partial charge >= 0.3 is 0 Å². The van der Waals surface area contributed by atoms with Crippen molar-refractivity contribution >= 4 is 10.1 Å². The van der Waals surface area contributed by atoms with Gasteiger partial charge in [0.2, 0.25) is 0 Å². The van der Waals surface area contributed by atoms with Crippen LogP contribution in [-0.4, -0.2) is 23.2 Å². The van der Waals surface area contributed by atoms with E-state index < -0.39 is 20.8 Å². The zero-order valence-electron chi connectivity index (χ0n) is 8.30. The Kier molecular flexibility index (Phi) is 2.92. The summed E-state index contributed by atoms with van der Waals surface area (Å²) in [7, 11) is -4.51. The summed E-state index contributed by atoms with van der Waals surface area (Å²) in [5, 5.41) is 18.8. The van der Waals surface area contributed by atoms with Gasteiger partial charge in [-0.2, -0.15) is 8.42 Å². The molecule has 1 rings (SSSR count). The highest BCUT2D eigenvalue weighted by atomic mass is 32.2. The summed E-state index contributed by atoms with van der Waals surface area (Å²) in [6, 6.07) is 1.96. The largest absolute Gasteiger partial charge is 0.508 e. The molecule has 15 heavy (non-hydrogen) atoms. The number of hydrogen-bond acceptors (Lipinski definition) is 4. The molecule has 0 atom stereocenters. The van der Waals surface area contributed by atoms with Crippen molar-refractivity contribution in [1.29, 1.82) is 0 Å². The molecule has 3 N–H and O–H groups in total. The molecule has 0 amide bonds. The molecule has 0 aromatic heterocycles. The summed E-state index contributed by atoms with van der Waals surface area (Å²) in [4.78, 5) is -0.690. The second kappa shape index (κ2) is 3.71. The average Bonchev–Trinajstić information content (AvgIpc) is 2.06. The highest BCUT2D eigenvalue weighted by Gasteiger charge is 2.19. The van der Waals surface area contributed by atoms with Crippen molar-refractivity contribution in [3.63, 3.8) is 0 Å². The van der Waals surface area contributed by atoms with Crippen LogP contribution in [0.3, 0.4) is 0 Å². The monoisotopic (exact) mass is 232 g/mol. The molecule has 1 aromatic rings. The van der Waals surface area contributed by atoms with Crippen molar-refractivity contribution < 1.29 is 23.2 Å². The van der Waals surface area contributed by atoms with Gasteiger partial charge in [0.25, 0.3) is 10.1 Å². The molecular weight excluding hydrogens is 220 g/mol. The smallest absolute Gasteiger partial charge is 0.298 e. The minimum atomic E-state index is -4.51. The molecule has 0 saturated heterocycles. The van der Waals surface area contributed by atoms with Gasteiger partial charge in [0.1, 0.15) is 16.4 Å². The third-order valence-electron chi connectivity index (χ3n) is 2.01. The SMILES string of the molecule is CC(C)c1cc(O)c(S(=O)(=O)O)cc1O. The molecule has 0 saturated carbocycles. The number of phenolic OH excluding ortho intramolecular Hbond substituents is 2. The Labute approximate surface area is 87.7 Å². The molecule has 5 nitrogen and oxygen atoms in total. The van der Waals surface area contributed by atoms with Crippen LogP contribution in [0, 0.1) is 0 Å². The van der Waals surface area contributed by atoms with Gasteiger partial charge in [-0.3, -0.25) is 4.55 Å². The van der Waals surface area contributed by atoms with Crippen LogP contribution in [0.25, 0.3) is 0 Å². The molecule has 6 heteroatoms. The van der Waals surface area contributed by atoms with Crippen LogP contribution in [-0.2, 0) is 10.1 Å². The summed E-state index contributed by atoms with van der Waals surface area (Å²) in [5.74, 6) is -0.902. The predicted octanol–water partition coefficient (Wildman–Crippen LogP) is 1.47. The van der Waals surface area contributed by atoms with Gasteiger partial charge in [-0.15, -0.1) is 0 Å². The second-order valence-corrected chi connectivity index (χ2v) is 4.90. The van der Waals surface area contributed by atoms with Gasteiger partial charge in [-0.1, -0.05) is 13.8 Å². The molecule has 0 aliphatic carbocycles. The zero-order chi connectivity index (χ0) is 11.8. The molecule has 0 heterocycles. The molecule has 0 aliphatic heterocycles. The van der Waals surface area contributed by atoms with Crippen LogP contribution in [0.1, 0.15) is 25.3 Å². The Morgan fingerprint density at radius 1 is 1.13 bits per heavy atom. The van der Waals surface area contributed by atoms with Gasteiger partial charge in [-0.25, -0.2) is 0 Å². The normalized spacial score (nSPS) is 12.0. The van der Waals surface area contributed by atoms with Crippen molar-refractivity contribution in [2.45, 2.75) is 24.7 Å². The van der Waals surface area contributed by atoms with Crippen LogP contribution in [0.4, 0.5) is 0 Å². The maximum absolute atomic E-state index is 10.8. The first kappa shape index (κ1) is 11.8. The van der Waals surface area contributed by atoms with Gasteiger partial charge < -0.3 is 10.2 Å². The van der Waals surface area contributed by atoms with E-state index in [4.69, 9.17) is 4.55 Å². The fraction of sp³-hybridized carbons (Fsp3) is 0.333.